The number of hydrogen-bond donors (Lipinski definition) is 0. The van der Waals surface area contributed by atoms with Gasteiger partial charge < -0.3 is 0 Å². The number of rotatable bonds is 8. The fourth-order valence-corrected chi connectivity index (χ4v) is 5.12. The fraction of sp³-hybridized carbons (Fsp3) is 0.292. The van der Waals surface area contributed by atoms with Gasteiger partial charge in [0.05, 0.1) is 17.1 Å². The van der Waals surface area contributed by atoms with Crippen LogP contribution in [0.1, 0.15) is 50.4 Å². The highest BCUT2D eigenvalue weighted by Gasteiger charge is 2.18. The third-order valence-electron chi connectivity index (χ3n) is 5.24. The summed E-state index contributed by atoms with van der Waals surface area (Å²) in [5, 5.41) is 15.5. The van der Waals surface area contributed by atoms with Crippen LogP contribution in [0.25, 0.3) is 5.69 Å². The summed E-state index contributed by atoms with van der Waals surface area (Å²) >= 11 is 2.97. The fourth-order valence-electron chi connectivity index (χ4n) is 3.34. The van der Waals surface area contributed by atoms with Crippen LogP contribution in [0.3, 0.4) is 0 Å². The highest BCUT2D eigenvalue weighted by molar-refractivity contribution is 7.98. The molecule has 2 aromatic heterocycles. The summed E-state index contributed by atoms with van der Waals surface area (Å²) in [5.74, 6) is 1.00. The van der Waals surface area contributed by atoms with E-state index in [0.717, 1.165) is 23.5 Å². The second-order valence-electron chi connectivity index (χ2n) is 7.90. The molecule has 0 atom stereocenters. The third-order valence-corrected chi connectivity index (χ3v) is 7.07. The highest BCUT2D eigenvalue weighted by atomic mass is 32.2. The molecule has 0 unspecified atom stereocenters. The maximum atomic E-state index is 12.4. The first-order chi connectivity index (χ1) is 16.0. The molecule has 7 nitrogen and oxygen atoms in total. The molecule has 2 aromatic carbocycles. The first-order valence-corrected chi connectivity index (χ1v) is 12.7. The van der Waals surface area contributed by atoms with E-state index in [1.807, 2.05) is 41.8 Å². The van der Waals surface area contributed by atoms with E-state index in [-0.39, 0.29) is 5.91 Å². The van der Waals surface area contributed by atoms with E-state index in [1.165, 1.54) is 34.2 Å². The van der Waals surface area contributed by atoms with Crippen molar-refractivity contribution in [3.05, 3.63) is 70.7 Å². The smallest absolute Gasteiger partial charge is 0.230 e. The minimum absolute atomic E-state index is 0.0680. The largest absolute Gasteiger partial charge is 0.274 e. The minimum Gasteiger partial charge on any atom is -0.274 e. The number of amides is 1. The normalized spacial score (nSPS) is 11.2. The summed E-state index contributed by atoms with van der Waals surface area (Å²) in [6.45, 7) is 8.01. The molecule has 0 N–H and O–H groups in total. The van der Waals surface area contributed by atoms with Crippen molar-refractivity contribution in [2.24, 2.45) is 0 Å². The average Bonchev–Trinajstić information content (AvgIpc) is 3.48. The number of aromatic nitrogens is 5. The van der Waals surface area contributed by atoms with Gasteiger partial charge in [0.1, 0.15) is 0 Å². The van der Waals surface area contributed by atoms with Gasteiger partial charge in [-0.05, 0) is 58.2 Å². The lowest BCUT2D eigenvalue weighted by Gasteiger charge is -2.18. The van der Waals surface area contributed by atoms with Gasteiger partial charge in [-0.1, -0.05) is 56.8 Å². The molecule has 4 rings (SSSR count). The number of thiazole rings is 1. The van der Waals surface area contributed by atoms with E-state index in [0.29, 0.717) is 22.0 Å². The highest BCUT2D eigenvalue weighted by Crippen LogP contribution is 2.31. The summed E-state index contributed by atoms with van der Waals surface area (Å²) < 4.78 is 1.74. The van der Waals surface area contributed by atoms with Crippen LogP contribution < -0.4 is 4.90 Å². The molecule has 9 heteroatoms. The molecule has 0 aliphatic heterocycles. The summed E-state index contributed by atoms with van der Waals surface area (Å²) in [4.78, 5) is 18.7. The quantitative estimate of drug-likeness (QED) is 0.299. The Labute approximate surface area is 201 Å². The Morgan fingerprint density at radius 1 is 1.12 bits per heavy atom. The standard InChI is InChI=1S/C24H26N6OS2/c1-5-18-6-10-21(11-7-18)29(17(4)31)23-25-20(14-32-23)15-33-24-26-27-28-30(24)22-12-8-19(9-13-22)16(2)3/h6-14,16H,5,15H2,1-4H3. The van der Waals surface area contributed by atoms with Gasteiger partial charge in [-0.25, -0.2) is 4.98 Å². The lowest BCUT2D eigenvalue weighted by atomic mass is 10.0. The van der Waals surface area contributed by atoms with Crippen molar-refractivity contribution in [1.29, 1.82) is 0 Å². The van der Waals surface area contributed by atoms with Crippen molar-refractivity contribution in [2.75, 3.05) is 4.90 Å². The summed E-state index contributed by atoms with van der Waals surface area (Å²) in [6, 6.07) is 16.3. The first-order valence-electron chi connectivity index (χ1n) is 10.8. The Balaban J connectivity index is 1.48. The zero-order valence-electron chi connectivity index (χ0n) is 19.1. The topological polar surface area (TPSA) is 76.8 Å². The van der Waals surface area contributed by atoms with Crippen LogP contribution in [0, 0.1) is 0 Å². The molecule has 33 heavy (non-hydrogen) atoms. The number of tetrazole rings is 1. The van der Waals surface area contributed by atoms with Crippen molar-refractivity contribution in [3.8, 4) is 5.69 Å². The lowest BCUT2D eigenvalue weighted by molar-refractivity contribution is -0.115. The van der Waals surface area contributed by atoms with Crippen LogP contribution in [0.4, 0.5) is 10.8 Å². The van der Waals surface area contributed by atoms with Crippen LogP contribution in [-0.4, -0.2) is 31.1 Å². The molecule has 0 fully saturated rings. The Bertz CT molecular complexity index is 1210. The van der Waals surface area contributed by atoms with Crippen molar-refractivity contribution >= 4 is 39.8 Å². The monoisotopic (exact) mass is 478 g/mol. The number of hydrogen-bond acceptors (Lipinski definition) is 7. The number of benzene rings is 2. The second kappa shape index (κ2) is 10.3. The Morgan fingerprint density at radius 2 is 1.85 bits per heavy atom. The average molecular weight is 479 g/mol. The molecule has 0 saturated carbocycles. The summed E-state index contributed by atoms with van der Waals surface area (Å²) in [6.07, 6.45) is 0.959. The lowest BCUT2D eigenvalue weighted by Crippen LogP contribution is -2.22. The molecule has 0 aliphatic rings. The van der Waals surface area contributed by atoms with Crippen LogP contribution in [-0.2, 0) is 17.0 Å². The van der Waals surface area contributed by atoms with Gasteiger partial charge in [0.25, 0.3) is 0 Å². The third kappa shape index (κ3) is 5.31. The molecular formula is C24H26N6OS2. The van der Waals surface area contributed by atoms with E-state index >= 15 is 0 Å². The van der Waals surface area contributed by atoms with E-state index in [2.05, 4.69) is 48.4 Å². The zero-order chi connectivity index (χ0) is 23.4. The van der Waals surface area contributed by atoms with Gasteiger partial charge >= 0.3 is 0 Å². The molecule has 0 bridgehead atoms. The van der Waals surface area contributed by atoms with Crippen molar-refractivity contribution in [1.82, 2.24) is 25.2 Å². The number of carbonyl (C=O) groups is 1. The number of anilines is 2. The molecule has 0 spiro atoms. The van der Waals surface area contributed by atoms with Gasteiger partial charge in [0.15, 0.2) is 5.13 Å². The van der Waals surface area contributed by atoms with Crippen molar-refractivity contribution in [3.63, 3.8) is 0 Å². The Hall–Kier alpha value is -3.04. The van der Waals surface area contributed by atoms with Gasteiger partial charge in [-0.3, -0.25) is 9.69 Å². The Kier molecular flexibility index (Phi) is 7.20. The van der Waals surface area contributed by atoms with Crippen LogP contribution in [0.15, 0.2) is 59.1 Å². The molecule has 0 radical (unpaired) electrons. The number of nitrogens with zero attached hydrogens (tertiary/aromatic N) is 6. The van der Waals surface area contributed by atoms with Gasteiger partial charge in [-0.15, -0.1) is 16.4 Å². The zero-order valence-corrected chi connectivity index (χ0v) is 20.7. The molecule has 0 aliphatic carbocycles. The molecule has 170 valence electrons. The molecule has 4 aromatic rings. The number of aryl methyl sites for hydroxylation is 1. The maximum Gasteiger partial charge on any atom is 0.230 e. The maximum absolute atomic E-state index is 12.4. The number of carbonyl (C=O) groups excluding carboxylic acids is 1. The molecule has 0 saturated heterocycles. The van der Waals surface area contributed by atoms with Gasteiger partial charge in [0.2, 0.25) is 11.1 Å². The van der Waals surface area contributed by atoms with Gasteiger partial charge in [-0.2, -0.15) is 4.68 Å². The van der Waals surface area contributed by atoms with Crippen molar-refractivity contribution < 1.29 is 4.79 Å². The minimum atomic E-state index is -0.0680. The van der Waals surface area contributed by atoms with Crippen molar-refractivity contribution in [2.45, 2.75) is 50.9 Å². The van der Waals surface area contributed by atoms with Crippen LogP contribution in [0.2, 0.25) is 0 Å². The first kappa shape index (κ1) is 23.1. The van der Waals surface area contributed by atoms with Gasteiger partial charge in [0, 0.05) is 18.1 Å². The van der Waals surface area contributed by atoms with Crippen LogP contribution >= 0.6 is 23.1 Å². The summed E-state index contributed by atoms with van der Waals surface area (Å²) in [5.41, 5.74) is 5.12. The predicted molar refractivity (Wildman–Crippen MR) is 134 cm³/mol. The molecule has 1 amide bonds. The Morgan fingerprint density at radius 3 is 2.48 bits per heavy atom. The molecular weight excluding hydrogens is 452 g/mol. The summed E-state index contributed by atoms with van der Waals surface area (Å²) in [7, 11) is 0. The SMILES string of the molecule is CCc1ccc(N(C(C)=O)c2nc(CSc3nnnn3-c3ccc(C(C)C)cc3)cs2)cc1. The van der Waals surface area contributed by atoms with E-state index in [9.17, 15) is 4.79 Å². The van der Waals surface area contributed by atoms with E-state index < -0.39 is 0 Å². The van der Waals surface area contributed by atoms with Crippen LogP contribution in [0.5, 0.6) is 0 Å². The predicted octanol–water partition coefficient (Wildman–Crippen LogP) is 5.78. The second-order valence-corrected chi connectivity index (χ2v) is 9.68. The van der Waals surface area contributed by atoms with E-state index in [1.54, 1.807) is 16.5 Å². The number of thioether (sulfide) groups is 1. The molecule has 2 heterocycles. The van der Waals surface area contributed by atoms with E-state index in [4.69, 9.17) is 4.98 Å².